The van der Waals surface area contributed by atoms with Gasteiger partial charge in [-0.3, -0.25) is 4.79 Å². The van der Waals surface area contributed by atoms with Crippen LogP contribution in [0.3, 0.4) is 0 Å². The van der Waals surface area contributed by atoms with Crippen LogP contribution in [0.25, 0.3) is 0 Å². The first kappa shape index (κ1) is 11.3. The van der Waals surface area contributed by atoms with Crippen molar-refractivity contribution >= 4 is 16.2 Å². The summed E-state index contributed by atoms with van der Waals surface area (Å²) in [7, 11) is -2.29. The molecule has 0 atom stereocenters. The van der Waals surface area contributed by atoms with Gasteiger partial charge in [0.25, 0.3) is 10.2 Å². The standard InChI is InChI=1S/C5H12N2O4S/c1-3-11-5(8)4-7-12(9,10)6-2/h6-7H,3-4H2,1-2H3. The van der Waals surface area contributed by atoms with Crippen molar-refractivity contribution in [1.82, 2.24) is 9.44 Å². The quantitative estimate of drug-likeness (QED) is 0.530. The summed E-state index contributed by atoms with van der Waals surface area (Å²) in [6, 6.07) is 0. The molecule has 0 spiro atoms. The van der Waals surface area contributed by atoms with Crippen molar-refractivity contribution in [3.8, 4) is 0 Å². The third-order valence-corrected chi connectivity index (χ3v) is 2.04. The molecule has 0 aromatic heterocycles. The number of hydrogen-bond acceptors (Lipinski definition) is 4. The van der Waals surface area contributed by atoms with Crippen molar-refractivity contribution in [2.75, 3.05) is 20.2 Å². The lowest BCUT2D eigenvalue weighted by molar-refractivity contribution is -0.141. The average Bonchev–Trinajstić information content (AvgIpc) is 2.02. The minimum atomic E-state index is -3.53. The van der Waals surface area contributed by atoms with Crippen LogP contribution in [0.15, 0.2) is 0 Å². The second kappa shape index (κ2) is 5.07. The molecular weight excluding hydrogens is 184 g/mol. The number of carbonyl (C=O) groups excluding carboxylic acids is 1. The summed E-state index contributed by atoms with van der Waals surface area (Å²) in [5.41, 5.74) is 0. The van der Waals surface area contributed by atoms with Crippen LogP contribution in [0, 0.1) is 0 Å². The van der Waals surface area contributed by atoms with Gasteiger partial charge in [0.1, 0.15) is 6.54 Å². The molecule has 0 amide bonds. The van der Waals surface area contributed by atoms with Gasteiger partial charge < -0.3 is 4.74 Å². The zero-order valence-corrected chi connectivity index (χ0v) is 7.77. The van der Waals surface area contributed by atoms with Crippen LogP contribution >= 0.6 is 0 Å². The maximum absolute atomic E-state index is 10.7. The lowest BCUT2D eigenvalue weighted by Gasteiger charge is -2.03. The first-order valence-corrected chi connectivity index (χ1v) is 4.84. The molecule has 0 aliphatic rings. The Morgan fingerprint density at radius 3 is 2.50 bits per heavy atom. The fourth-order valence-corrected chi connectivity index (χ4v) is 0.890. The number of hydrogen-bond donors (Lipinski definition) is 2. The molecule has 0 aromatic carbocycles. The van der Waals surface area contributed by atoms with E-state index in [2.05, 4.69) is 4.74 Å². The normalized spacial score (nSPS) is 11.2. The zero-order valence-electron chi connectivity index (χ0n) is 6.96. The van der Waals surface area contributed by atoms with Crippen molar-refractivity contribution in [1.29, 1.82) is 0 Å². The fraction of sp³-hybridized carbons (Fsp3) is 0.800. The third kappa shape index (κ3) is 5.05. The van der Waals surface area contributed by atoms with E-state index in [9.17, 15) is 13.2 Å². The summed E-state index contributed by atoms with van der Waals surface area (Å²) in [4.78, 5) is 10.6. The topological polar surface area (TPSA) is 84.5 Å². The van der Waals surface area contributed by atoms with E-state index < -0.39 is 16.2 Å². The Bertz CT molecular complexity index is 236. The van der Waals surface area contributed by atoms with Crippen LogP contribution in [0.4, 0.5) is 0 Å². The first-order chi connectivity index (χ1) is 5.52. The highest BCUT2D eigenvalue weighted by Gasteiger charge is 2.08. The minimum absolute atomic E-state index is 0.236. The Morgan fingerprint density at radius 2 is 2.08 bits per heavy atom. The molecule has 0 radical (unpaired) electrons. The molecule has 0 heterocycles. The number of nitrogens with one attached hydrogen (secondary N) is 2. The van der Waals surface area contributed by atoms with E-state index in [4.69, 9.17) is 0 Å². The van der Waals surface area contributed by atoms with Crippen molar-refractivity contribution < 1.29 is 17.9 Å². The van der Waals surface area contributed by atoms with Crippen molar-refractivity contribution in [2.45, 2.75) is 6.92 Å². The van der Waals surface area contributed by atoms with Crippen LogP contribution in [-0.2, 0) is 19.7 Å². The van der Waals surface area contributed by atoms with Gasteiger partial charge in [-0.05, 0) is 6.92 Å². The summed E-state index contributed by atoms with van der Waals surface area (Å²) in [6.07, 6.45) is 0. The summed E-state index contributed by atoms with van der Waals surface area (Å²) in [5.74, 6) is -0.601. The molecule has 0 bridgehead atoms. The van der Waals surface area contributed by atoms with E-state index in [1.165, 1.54) is 7.05 Å². The molecule has 2 N–H and O–H groups in total. The van der Waals surface area contributed by atoms with Crippen LogP contribution in [-0.4, -0.2) is 34.6 Å². The Labute approximate surface area is 71.5 Å². The van der Waals surface area contributed by atoms with Gasteiger partial charge in [0, 0.05) is 7.05 Å². The number of carbonyl (C=O) groups is 1. The number of rotatable bonds is 5. The van der Waals surface area contributed by atoms with Crippen molar-refractivity contribution in [2.24, 2.45) is 0 Å². The summed E-state index contributed by atoms with van der Waals surface area (Å²) < 4.78 is 29.8. The van der Waals surface area contributed by atoms with Gasteiger partial charge in [-0.1, -0.05) is 0 Å². The Kier molecular flexibility index (Phi) is 4.79. The average molecular weight is 196 g/mol. The van der Waals surface area contributed by atoms with E-state index in [-0.39, 0.29) is 13.2 Å². The smallest absolute Gasteiger partial charge is 0.321 e. The first-order valence-electron chi connectivity index (χ1n) is 3.35. The summed E-state index contributed by atoms with van der Waals surface area (Å²) in [6.45, 7) is 1.53. The Hall–Kier alpha value is -0.660. The van der Waals surface area contributed by atoms with Crippen molar-refractivity contribution in [3.05, 3.63) is 0 Å². The molecule has 0 saturated heterocycles. The van der Waals surface area contributed by atoms with Gasteiger partial charge in [0.2, 0.25) is 0 Å². The van der Waals surface area contributed by atoms with Crippen LogP contribution in [0.2, 0.25) is 0 Å². The maximum Gasteiger partial charge on any atom is 0.321 e. The molecule has 0 saturated carbocycles. The second-order valence-corrected chi connectivity index (χ2v) is 3.54. The van der Waals surface area contributed by atoms with Gasteiger partial charge in [-0.2, -0.15) is 13.1 Å². The fourth-order valence-electron chi connectivity index (χ4n) is 0.438. The molecule has 0 fully saturated rings. The molecule has 0 rings (SSSR count). The van der Waals surface area contributed by atoms with E-state index in [1.54, 1.807) is 6.92 Å². The van der Waals surface area contributed by atoms with Crippen LogP contribution in [0.1, 0.15) is 6.92 Å². The van der Waals surface area contributed by atoms with E-state index in [0.717, 1.165) is 0 Å². The molecule has 0 aliphatic heterocycles. The molecule has 72 valence electrons. The van der Waals surface area contributed by atoms with E-state index >= 15 is 0 Å². The maximum atomic E-state index is 10.7. The molecule has 0 aromatic rings. The van der Waals surface area contributed by atoms with E-state index in [0.29, 0.717) is 0 Å². The van der Waals surface area contributed by atoms with Crippen LogP contribution in [0.5, 0.6) is 0 Å². The van der Waals surface area contributed by atoms with E-state index in [1.807, 2.05) is 9.44 Å². The SMILES string of the molecule is CCOC(=O)CNS(=O)(=O)NC. The summed E-state index contributed by atoms with van der Waals surface area (Å²) in [5, 5.41) is 0. The molecular formula is C5H12N2O4S. The Morgan fingerprint density at radius 1 is 1.50 bits per heavy atom. The number of esters is 1. The van der Waals surface area contributed by atoms with Gasteiger partial charge in [0.05, 0.1) is 6.61 Å². The third-order valence-electron chi connectivity index (χ3n) is 0.981. The van der Waals surface area contributed by atoms with Crippen molar-refractivity contribution in [3.63, 3.8) is 0 Å². The lowest BCUT2D eigenvalue weighted by Crippen LogP contribution is -2.37. The predicted octanol–water partition coefficient (Wildman–Crippen LogP) is -1.40. The zero-order chi connectivity index (χ0) is 9.61. The molecule has 6 nitrogen and oxygen atoms in total. The van der Waals surface area contributed by atoms with Gasteiger partial charge in [-0.25, -0.2) is 4.72 Å². The molecule has 0 aliphatic carbocycles. The molecule has 7 heteroatoms. The highest BCUT2D eigenvalue weighted by molar-refractivity contribution is 7.87. The van der Waals surface area contributed by atoms with Gasteiger partial charge >= 0.3 is 5.97 Å². The lowest BCUT2D eigenvalue weighted by atomic mass is 10.7. The molecule has 0 unspecified atom stereocenters. The highest BCUT2D eigenvalue weighted by atomic mass is 32.2. The molecule has 12 heavy (non-hydrogen) atoms. The van der Waals surface area contributed by atoms with Crippen LogP contribution < -0.4 is 9.44 Å². The monoisotopic (exact) mass is 196 g/mol. The Balaban J connectivity index is 3.76. The highest BCUT2D eigenvalue weighted by Crippen LogP contribution is 1.77. The van der Waals surface area contributed by atoms with Gasteiger partial charge in [-0.15, -0.1) is 0 Å². The predicted molar refractivity (Wildman–Crippen MR) is 42.6 cm³/mol. The largest absolute Gasteiger partial charge is 0.465 e. The summed E-state index contributed by atoms with van der Waals surface area (Å²) >= 11 is 0. The second-order valence-electron chi connectivity index (χ2n) is 1.83. The minimum Gasteiger partial charge on any atom is -0.465 e. The van der Waals surface area contributed by atoms with Gasteiger partial charge in [0.15, 0.2) is 0 Å². The number of ether oxygens (including phenoxy) is 1.